The Kier molecular flexibility index (Phi) is 7.68. The third-order valence-electron chi connectivity index (χ3n) is 2.75. The number of carboxylic acid groups (broad SMARTS) is 1. The second kappa shape index (κ2) is 8.15. The van der Waals surface area contributed by atoms with Gasteiger partial charge in [-0.3, -0.25) is 9.59 Å². The number of hydrogen-bond acceptors (Lipinski definition) is 3. The van der Waals surface area contributed by atoms with Gasteiger partial charge in [0, 0.05) is 18.5 Å². The van der Waals surface area contributed by atoms with Gasteiger partial charge < -0.3 is 16.2 Å². The van der Waals surface area contributed by atoms with Gasteiger partial charge in [0.15, 0.2) is 0 Å². The lowest BCUT2D eigenvalue weighted by Crippen LogP contribution is -2.40. The summed E-state index contributed by atoms with van der Waals surface area (Å²) in [4.78, 5) is 22.5. The van der Waals surface area contributed by atoms with Gasteiger partial charge in [-0.25, -0.2) is 0 Å². The van der Waals surface area contributed by atoms with Crippen LogP contribution >= 0.6 is 0 Å². The molecule has 0 aliphatic rings. The first-order valence-corrected chi connectivity index (χ1v) is 6.90. The fourth-order valence-electron chi connectivity index (χ4n) is 2.17. The molecule has 0 saturated carbocycles. The molecule has 0 radical (unpaired) electrons. The molecule has 0 bridgehead atoms. The SMILES string of the molecule is CCCC(CC(=O)O)NC(=O)CC(N)CC(C)(C)C. The number of carbonyl (C=O) groups is 2. The number of rotatable bonds is 8. The molecule has 5 nitrogen and oxygen atoms in total. The van der Waals surface area contributed by atoms with Crippen molar-refractivity contribution >= 4 is 11.9 Å². The first kappa shape index (κ1) is 17.9. The van der Waals surface area contributed by atoms with Crippen molar-refractivity contribution in [2.24, 2.45) is 11.1 Å². The maximum absolute atomic E-state index is 11.8. The van der Waals surface area contributed by atoms with E-state index in [4.69, 9.17) is 10.8 Å². The van der Waals surface area contributed by atoms with Crippen LogP contribution in [0.3, 0.4) is 0 Å². The molecule has 0 aromatic heterocycles. The van der Waals surface area contributed by atoms with Crippen molar-refractivity contribution in [3.05, 3.63) is 0 Å². The standard InChI is InChI=1S/C14H28N2O3/c1-5-6-11(8-13(18)19)16-12(17)7-10(15)9-14(2,3)4/h10-11H,5-9,15H2,1-4H3,(H,16,17)(H,18,19). The average Bonchev–Trinajstić information content (AvgIpc) is 2.12. The fraction of sp³-hybridized carbons (Fsp3) is 0.857. The summed E-state index contributed by atoms with van der Waals surface area (Å²) in [7, 11) is 0. The predicted molar refractivity (Wildman–Crippen MR) is 75.8 cm³/mol. The molecule has 0 fully saturated rings. The molecule has 0 aromatic carbocycles. The average molecular weight is 272 g/mol. The molecule has 0 saturated heterocycles. The summed E-state index contributed by atoms with van der Waals surface area (Å²) in [5.74, 6) is -1.05. The summed E-state index contributed by atoms with van der Waals surface area (Å²) < 4.78 is 0. The van der Waals surface area contributed by atoms with Crippen molar-refractivity contribution in [1.82, 2.24) is 5.32 Å². The third-order valence-corrected chi connectivity index (χ3v) is 2.75. The van der Waals surface area contributed by atoms with Crippen molar-refractivity contribution in [2.75, 3.05) is 0 Å². The zero-order valence-electron chi connectivity index (χ0n) is 12.5. The van der Waals surface area contributed by atoms with Crippen LogP contribution in [0.4, 0.5) is 0 Å². The molecule has 0 aliphatic carbocycles. The van der Waals surface area contributed by atoms with Crippen LogP contribution in [0, 0.1) is 5.41 Å². The lowest BCUT2D eigenvalue weighted by atomic mass is 9.87. The number of carboxylic acids is 1. The zero-order valence-corrected chi connectivity index (χ0v) is 12.5. The number of carbonyl (C=O) groups excluding carboxylic acids is 1. The molecule has 4 N–H and O–H groups in total. The minimum absolute atomic E-state index is 0.0336. The van der Waals surface area contributed by atoms with E-state index in [2.05, 4.69) is 26.1 Å². The number of amides is 1. The van der Waals surface area contributed by atoms with Crippen LogP contribution in [-0.2, 0) is 9.59 Å². The quantitative estimate of drug-likeness (QED) is 0.629. The van der Waals surface area contributed by atoms with Crippen LogP contribution in [0.1, 0.15) is 59.8 Å². The summed E-state index contributed by atoms with van der Waals surface area (Å²) in [6, 6.07) is -0.482. The Morgan fingerprint density at radius 2 is 1.84 bits per heavy atom. The molecule has 0 spiro atoms. The Balaban J connectivity index is 4.21. The molecular formula is C14H28N2O3. The van der Waals surface area contributed by atoms with E-state index >= 15 is 0 Å². The molecule has 2 atom stereocenters. The molecule has 112 valence electrons. The normalized spacial score (nSPS) is 14.8. The van der Waals surface area contributed by atoms with E-state index in [0.717, 1.165) is 12.8 Å². The maximum atomic E-state index is 11.8. The van der Waals surface area contributed by atoms with Crippen LogP contribution < -0.4 is 11.1 Å². The lowest BCUT2D eigenvalue weighted by Gasteiger charge is -2.23. The van der Waals surface area contributed by atoms with Gasteiger partial charge >= 0.3 is 5.97 Å². The predicted octanol–water partition coefficient (Wildman–Crippen LogP) is 1.90. The fourth-order valence-corrected chi connectivity index (χ4v) is 2.17. The van der Waals surface area contributed by atoms with Gasteiger partial charge in [-0.2, -0.15) is 0 Å². The largest absolute Gasteiger partial charge is 0.481 e. The van der Waals surface area contributed by atoms with Gasteiger partial charge in [0.25, 0.3) is 0 Å². The highest BCUT2D eigenvalue weighted by Gasteiger charge is 2.20. The summed E-state index contributed by atoms with van der Waals surface area (Å²) in [5.41, 5.74) is 6.02. The Morgan fingerprint density at radius 1 is 1.26 bits per heavy atom. The molecule has 2 unspecified atom stereocenters. The Labute approximate surface area is 115 Å². The van der Waals surface area contributed by atoms with Crippen molar-refractivity contribution in [3.63, 3.8) is 0 Å². The monoisotopic (exact) mass is 272 g/mol. The molecular weight excluding hydrogens is 244 g/mol. The van der Waals surface area contributed by atoms with Crippen molar-refractivity contribution < 1.29 is 14.7 Å². The van der Waals surface area contributed by atoms with Gasteiger partial charge in [-0.1, -0.05) is 34.1 Å². The number of nitrogens with one attached hydrogen (secondary N) is 1. The first-order valence-electron chi connectivity index (χ1n) is 6.90. The first-order chi connectivity index (χ1) is 8.64. The van der Waals surface area contributed by atoms with Crippen LogP contribution in [0.25, 0.3) is 0 Å². The molecule has 1 amide bonds. The van der Waals surface area contributed by atoms with E-state index in [1.807, 2.05) is 6.92 Å². The van der Waals surface area contributed by atoms with Gasteiger partial charge in [-0.15, -0.1) is 0 Å². The van der Waals surface area contributed by atoms with Gasteiger partial charge in [0.05, 0.1) is 6.42 Å². The number of aliphatic carboxylic acids is 1. The Morgan fingerprint density at radius 3 is 2.26 bits per heavy atom. The van der Waals surface area contributed by atoms with Gasteiger partial charge in [0.2, 0.25) is 5.91 Å². The van der Waals surface area contributed by atoms with Crippen molar-refractivity contribution in [1.29, 1.82) is 0 Å². The number of nitrogens with two attached hydrogens (primary N) is 1. The second-order valence-corrected chi connectivity index (χ2v) is 6.38. The molecule has 0 aliphatic heterocycles. The van der Waals surface area contributed by atoms with Crippen LogP contribution in [0.2, 0.25) is 0 Å². The summed E-state index contributed by atoms with van der Waals surface area (Å²) in [5, 5.41) is 11.5. The highest BCUT2D eigenvalue weighted by atomic mass is 16.4. The van der Waals surface area contributed by atoms with Crippen LogP contribution in [-0.4, -0.2) is 29.1 Å². The maximum Gasteiger partial charge on any atom is 0.305 e. The van der Waals surface area contributed by atoms with E-state index in [1.54, 1.807) is 0 Å². The molecule has 0 heterocycles. The summed E-state index contributed by atoms with van der Waals surface area (Å²) in [6.07, 6.45) is 2.49. The van der Waals surface area contributed by atoms with E-state index in [1.165, 1.54) is 0 Å². The van der Waals surface area contributed by atoms with Gasteiger partial charge in [-0.05, 0) is 18.3 Å². The molecule has 5 heteroatoms. The van der Waals surface area contributed by atoms with E-state index in [0.29, 0.717) is 6.42 Å². The van der Waals surface area contributed by atoms with Gasteiger partial charge in [0.1, 0.15) is 0 Å². The van der Waals surface area contributed by atoms with Crippen molar-refractivity contribution in [2.45, 2.75) is 71.9 Å². The summed E-state index contributed by atoms with van der Waals surface area (Å²) >= 11 is 0. The minimum Gasteiger partial charge on any atom is -0.481 e. The molecule has 19 heavy (non-hydrogen) atoms. The lowest BCUT2D eigenvalue weighted by molar-refractivity contribution is -0.137. The Bertz CT molecular complexity index is 298. The van der Waals surface area contributed by atoms with E-state index in [9.17, 15) is 9.59 Å². The van der Waals surface area contributed by atoms with E-state index < -0.39 is 5.97 Å². The Hall–Kier alpha value is -1.10. The highest BCUT2D eigenvalue weighted by molar-refractivity contribution is 5.78. The third kappa shape index (κ3) is 10.5. The van der Waals surface area contributed by atoms with Crippen LogP contribution in [0.15, 0.2) is 0 Å². The minimum atomic E-state index is -0.891. The van der Waals surface area contributed by atoms with E-state index in [-0.39, 0.29) is 36.2 Å². The number of hydrogen-bond donors (Lipinski definition) is 3. The topological polar surface area (TPSA) is 92.4 Å². The molecule has 0 aromatic rings. The van der Waals surface area contributed by atoms with Crippen molar-refractivity contribution in [3.8, 4) is 0 Å². The summed E-state index contributed by atoms with van der Waals surface area (Å²) in [6.45, 7) is 8.20. The van der Waals surface area contributed by atoms with Crippen LogP contribution in [0.5, 0.6) is 0 Å². The smallest absolute Gasteiger partial charge is 0.305 e. The molecule has 0 rings (SSSR count). The zero-order chi connectivity index (χ0) is 15.1. The second-order valence-electron chi connectivity index (χ2n) is 6.38. The highest BCUT2D eigenvalue weighted by Crippen LogP contribution is 2.21.